The molecule has 1 fully saturated rings. The average Bonchev–Trinajstić information content (AvgIpc) is 3.34. The van der Waals surface area contributed by atoms with E-state index in [1.165, 1.54) is 18.5 Å². The van der Waals surface area contributed by atoms with E-state index in [4.69, 9.17) is 4.99 Å². The number of guanidine groups is 1. The van der Waals surface area contributed by atoms with E-state index in [0.717, 1.165) is 31.5 Å². The normalized spacial score (nSPS) is 15.7. The Bertz CT molecular complexity index is 445. The van der Waals surface area contributed by atoms with Gasteiger partial charge >= 0.3 is 0 Å². The van der Waals surface area contributed by atoms with Gasteiger partial charge in [0.05, 0.1) is 6.54 Å². The van der Waals surface area contributed by atoms with Crippen LogP contribution >= 0.6 is 24.0 Å². The Kier molecular flexibility index (Phi) is 8.60. The van der Waals surface area contributed by atoms with Crippen LogP contribution in [0.25, 0.3) is 0 Å². The van der Waals surface area contributed by atoms with E-state index in [1.54, 1.807) is 0 Å². The molecule has 0 saturated heterocycles. The van der Waals surface area contributed by atoms with E-state index >= 15 is 0 Å². The molecular weight excluding hydrogens is 387 g/mol. The molecule has 1 aromatic rings. The molecule has 1 atom stereocenters. The van der Waals surface area contributed by atoms with E-state index < -0.39 is 0 Å². The third kappa shape index (κ3) is 6.42. The Morgan fingerprint density at radius 1 is 1.27 bits per heavy atom. The number of halogens is 1. The van der Waals surface area contributed by atoms with Gasteiger partial charge in [0, 0.05) is 31.9 Å². The molecule has 2 N–H and O–H groups in total. The van der Waals surface area contributed by atoms with Crippen molar-refractivity contribution in [2.45, 2.75) is 32.7 Å². The van der Waals surface area contributed by atoms with Gasteiger partial charge in [-0.2, -0.15) is 0 Å². The van der Waals surface area contributed by atoms with Gasteiger partial charge in [-0.1, -0.05) is 18.2 Å². The van der Waals surface area contributed by atoms with Crippen molar-refractivity contribution in [3.05, 3.63) is 30.3 Å². The third-order valence-corrected chi connectivity index (χ3v) is 3.94. The van der Waals surface area contributed by atoms with Crippen LogP contribution in [-0.4, -0.2) is 38.7 Å². The van der Waals surface area contributed by atoms with E-state index in [9.17, 15) is 0 Å². The summed E-state index contributed by atoms with van der Waals surface area (Å²) in [5.74, 6) is 1.80. The summed E-state index contributed by atoms with van der Waals surface area (Å²) in [5, 5.41) is 6.76. The first-order valence-electron chi connectivity index (χ1n) is 8.00. The van der Waals surface area contributed by atoms with Crippen molar-refractivity contribution in [1.82, 2.24) is 10.6 Å². The third-order valence-electron chi connectivity index (χ3n) is 3.94. The van der Waals surface area contributed by atoms with Gasteiger partial charge in [-0.15, -0.1) is 24.0 Å². The molecule has 0 aromatic heterocycles. The van der Waals surface area contributed by atoms with Gasteiger partial charge in [0.25, 0.3) is 0 Å². The molecule has 1 unspecified atom stereocenters. The van der Waals surface area contributed by atoms with Gasteiger partial charge in [0.1, 0.15) is 0 Å². The van der Waals surface area contributed by atoms with E-state index in [1.807, 2.05) is 6.07 Å². The topological polar surface area (TPSA) is 39.7 Å². The maximum Gasteiger partial charge on any atom is 0.191 e. The summed E-state index contributed by atoms with van der Waals surface area (Å²) in [4.78, 5) is 6.98. The predicted octanol–water partition coefficient (Wildman–Crippen LogP) is 3.09. The summed E-state index contributed by atoms with van der Waals surface area (Å²) in [6.07, 6.45) is 2.72. The van der Waals surface area contributed by atoms with Gasteiger partial charge in [0.2, 0.25) is 0 Å². The number of rotatable bonds is 7. The van der Waals surface area contributed by atoms with Crippen LogP contribution in [0.3, 0.4) is 0 Å². The van der Waals surface area contributed by atoms with Crippen molar-refractivity contribution in [2.75, 3.05) is 31.6 Å². The van der Waals surface area contributed by atoms with Crippen LogP contribution in [0, 0.1) is 5.92 Å². The molecule has 0 bridgehead atoms. The Morgan fingerprint density at radius 3 is 2.55 bits per heavy atom. The van der Waals surface area contributed by atoms with Gasteiger partial charge in [0.15, 0.2) is 5.96 Å². The van der Waals surface area contributed by atoms with Crippen LogP contribution in [-0.2, 0) is 0 Å². The Hall–Kier alpha value is -0.980. The van der Waals surface area contributed by atoms with Crippen LogP contribution in [0.5, 0.6) is 0 Å². The second-order valence-corrected chi connectivity index (χ2v) is 5.84. The highest BCUT2D eigenvalue weighted by molar-refractivity contribution is 14.0. The zero-order valence-electron chi connectivity index (χ0n) is 13.9. The summed E-state index contributed by atoms with van der Waals surface area (Å²) in [6, 6.07) is 10.8. The molecule has 124 valence electrons. The highest BCUT2D eigenvalue weighted by Gasteiger charge is 2.21. The molecule has 5 heteroatoms. The molecule has 0 aliphatic heterocycles. The van der Waals surface area contributed by atoms with E-state index in [-0.39, 0.29) is 24.0 Å². The van der Waals surface area contributed by atoms with Crippen LogP contribution in [0.15, 0.2) is 35.3 Å². The molecule has 1 aliphatic rings. The molecule has 1 saturated carbocycles. The van der Waals surface area contributed by atoms with Gasteiger partial charge in [-0.3, -0.25) is 4.99 Å². The van der Waals surface area contributed by atoms with Crippen molar-refractivity contribution in [3.63, 3.8) is 0 Å². The van der Waals surface area contributed by atoms with E-state index in [0.29, 0.717) is 6.04 Å². The molecule has 4 nitrogen and oxygen atoms in total. The largest absolute Gasteiger partial charge is 0.370 e. The second kappa shape index (κ2) is 9.92. The van der Waals surface area contributed by atoms with Crippen molar-refractivity contribution in [1.29, 1.82) is 0 Å². The van der Waals surface area contributed by atoms with Crippen LogP contribution in [0.1, 0.15) is 26.7 Å². The molecule has 0 radical (unpaired) electrons. The summed E-state index contributed by atoms with van der Waals surface area (Å²) in [5.41, 5.74) is 1.23. The van der Waals surface area contributed by atoms with Gasteiger partial charge < -0.3 is 15.5 Å². The SMILES string of the molecule is CCNC(=NCC(C)N(C)c1ccccc1)NCC1CC1.I. The zero-order chi connectivity index (χ0) is 15.1. The number of aliphatic imine (C=N–C) groups is 1. The second-order valence-electron chi connectivity index (χ2n) is 5.84. The molecular formula is C17H29IN4. The number of nitrogens with one attached hydrogen (secondary N) is 2. The zero-order valence-corrected chi connectivity index (χ0v) is 16.2. The minimum absolute atomic E-state index is 0. The number of hydrogen-bond donors (Lipinski definition) is 2. The quantitative estimate of drug-likeness (QED) is 0.408. The fraction of sp³-hybridized carbons (Fsp3) is 0.588. The Labute approximate surface area is 151 Å². The lowest BCUT2D eigenvalue weighted by atomic mass is 10.2. The molecule has 1 aliphatic carbocycles. The molecule has 0 heterocycles. The lowest BCUT2D eigenvalue weighted by Crippen LogP contribution is -2.40. The van der Waals surface area contributed by atoms with Gasteiger partial charge in [-0.25, -0.2) is 0 Å². The van der Waals surface area contributed by atoms with Crippen LogP contribution < -0.4 is 15.5 Å². The van der Waals surface area contributed by atoms with Crippen molar-refractivity contribution < 1.29 is 0 Å². The number of benzene rings is 1. The predicted molar refractivity (Wildman–Crippen MR) is 106 cm³/mol. The lowest BCUT2D eigenvalue weighted by Gasteiger charge is -2.26. The standard InChI is InChI=1S/C17H28N4.HI/c1-4-18-17(20-13-15-10-11-15)19-12-14(2)21(3)16-8-6-5-7-9-16;/h5-9,14-15H,4,10-13H2,1-3H3,(H2,18,19,20);1H. The van der Waals surface area contributed by atoms with Crippen molar-refractivity contribution >= 4 is 35.6 Å². The highest BCUT2D eigenvalue weighted by atomic mass is 127. The maximum atomic E-state index is 4.71. The maximum absolute atomic E-state index is 4.71. The fourth-order valence-electron chi connectivity index (χ4n) is 2.17. The van der Waals surface area contributed by atoms with Crippen molar-refractivity contribution in [3.8, 4) is 0 Å². The number of likely N-dealkylation sites (N-methyl/N-ethyl adjacent to an activating group) is 1. The minimum Gasteiger partial charge on any atom is -0.370 e. The molecule has 22 heavy (non-hydrogen) atoms. The van der Waals surface area contributed by atoms with Crippen molar-refractivity contribution in [2.24, 2.45) is 10.9 Å². The number of hydrogen-bond acceptors (Lipinski definition) is 2. The monoisotopic (exact) mass is 416 g/mol. The highest BCUT2D eigenvalue weighted by Crippen LogP contribution is 2.27. The lowest BCUT2D eigenvalue weighted by molar-refractivity contribution is 0.681. The fourth-order valence-corrected chi connectivity index (χ4v) is 2.17. The number of nitrogens with zero attached hydrogens (tertiary/aromatic N) is 2. The first-order chi connectivity index (χ1) is 10.2. The first kappa shape index (κ1) is 19.1. The Balaban J connectivity index is 0.00000242. The molecule has 2 rings (SSSR count). The molecule has 0 spiro atoms. The van der Waals surface area contributed by atoms with E-state index in [2.05, 4.69) is 60.7 Å². The van der Waals surface area contributed by atoms with Crippen LogP contribution in [0.2, 0.25) is 0 Å². The first-order valence-corrected chi connectivity index (χ1v) is 8.00. The number of para-hydroxylation sites is 1. The average molecular weight is 416 g/mol. The van der Waals surface area contributed by atoms with Gasteiger partial charge in [-0.05, 0) is 44.7 Å². The number of anilines is 1. The summed E-state index contributed by atoms with van der Waals surface area (Å²) in [7, 11) is 2.13. The summed E-state index contributed by atoms with van der Waals surface area (Å²) >= 11 is 0. The smallest absolute Gasteiger partial charge is 0.191 e. The summed E-state index contributed by atoms with van der Waals surface area (Å²) < 4.78 is 0. The minimum atomic E-state index is 0. The Morgan fingerprint density at radius 2 is 1.95 bits per heavy atom. The molecule has 1 aromatic carbocycles. The summed E-state index contributed by atoms with van der Waals surface area (Å²) in [6.45, 7) is 7.05. The molecule has 0 amide bonds. The van der Waals surface area contributed by atoms with Crippen LogP contribution in [0.4, 0.5) is 5.69 Å².